The topological polar surface area (TPSA) is 86.1 Å². The van der Waals surface area contributed by atoms with Crippen LogP contribution in [0, 0.1) is 5.92 Å². The minimum atomic E-state index is -3.80. The van der Waals surface area contributed by atoms with E-state index in [-0.39, 0.29) is 22.6 Å². The quantitative estimate of drug-likeness (QED) is 0.817. The largest absolute Gasteiger partial charge is 0.495 e. The molecule has 1 aromatic carbocycles. The van der Waals surface area contributed by atoms with Gasteiger partial charge in [0.1, 0.15) is 10.6 Å². The van der Waals surface area contributed by atoms with Crippen molar-refractivity contribution in [3.63, 3.8) is 0 Å². The summed E-state index contributed by atoms with van der Waals surface area (Å²) in [5.41, 5.74) is 0. The summed E-state index contributed by atoms with van der Waals surface area (Å²) in [7, 11) is -2.39. The molecule has 0 saturated heterocycles. The van der Waals surface area contributed by atoms with Crippen molar-refractivity contribution in [2.45, 2.75) is 31.3 Å². The maximum Gasteiger partial charge on any atom is 0.244 e. The fourth-order valence-electron chi connectivity index (χ4n) is 2.02. The summed E-state index contributed by atoms with van der Waals surface area (Å²) in [5, 5.41) is 8.35. The summed E-state index contributed by atoms with van der Waals surface area (Å²) in [6.07, 6.45) is 3.10. The molecule has 1 aromatic heterocycles. The van der Waals surface area contributed by atoms with E-state index in [1.165, 1.54) is 24.0 Å². The smallest absolute Gasteiger partial charge is 0.244 e. The number of methoxy groups -OCH3 is 1. The van der Waals surface area contributed by atoms with Crippen molar-refractivity contribution in [2.75, 3.05) is 7.11 Å². The third kappa shape index (κ3) is 4.43. The molecule has 1 heterocycles. The number of aromatic nitrogens is 3. The van der Waals surface area contributed by atoms with E-state index in [0.717, 1.165) is 0 Å². The van der Waals surface area contributed by atoms with Crippen molar-refractivity contribution < 1.29 is 13.2 Å². The number of hydrogen-bond donors (Lipinski definition) is 1. The van der Waals surface area contributed by atoms with E-state index in [1.54, 1.807) is 18.5 Å². The average Bonchev–Trinajstić information content (AvgIpc) is 2.99. The molecule has 0 saturated carbocycles. The van der Waals surface area contributed by atoms with E-state index in [9.17, 15) is 8.42 Å². The second-order valence-corrected chi connectivity index (χ2v) is 7.47. The minimum Gasteiger partial charge on any atom is -0.495 e. The molecule has 0 radical (unpaired) electrons. The van der Waals surface area contributed by atoms with E-state index in [1.807, 2.05) is 13.8 Å². The Bertz CT molecular complexity index is 747. The molecule has 0 aliphatic heterocycles. The van der Waals surface area contributed by atoms with Crippen LogP contribution in [0.1, 0.15) is 13.8 Å². The highest BCUT2D eigenvalue weighted by Gasteiger charge is 2.26. The number of nitrogens with one attached hydrogen (secondary N) is 1. The van der Waals surface area contributed by atoms with Gasteiger partial charge in [-0.05, 0) is 24.1 Å². The second-order valence-electron chi connectivity index (χ2n) is 5.35. The lowest BCUT2D eigenvalue weighted by Crippen LogP contribution is -2.42. The zero-order valence-corrected chi connectivity index (χ0v) is 14.7. The Hall–Kier alpha value is -1.64. The minimum absolute atomic E-state index is 0.00609. The van der Waals surface area contributed by atoms with Crippen molar-refractivity contribution in [3.8, 4) is 5.75 Å². The fraction of sp³-hybridized carbons (Fsp3) is 0.429. The number of nitrogens with zero attached hydrogens (tertiary/aromatic N) is 3. The van der Waals surface area contributed by atoms with Crippen LogP contribution in [0.15, 0.2) is 35.5 Å². The van der Waals surface area contributed by atoms with Crippen LogP contribution in [-0.4, -0.2) is 36.6 Å². The Balaban J connectivity index is 2.29. The van der Waals surface area contributed by atoms with E-state index >= 15 is 0 Å². The molecule has 1 atom stereocenters. The predicted octanol–water partition coefficient (Wildman–Crippen LogP) is 1.94. The molecular formula is C14H19ClN4O3S. The van der Waals surface area contributed by atoms with Crippen LogP contribution in [-0.2, 0) is 16.6 Å². The normalized spacial score (nSPS) is 13.3. The monoisotopic (exact) mass is 358 g/mol. The number of benzene rings is 1. The summed E-state index contributed by atoms with van der Waals surface area (Å²) in [6.45, 7) is 4.17. The molecule has 23 heavy (non-hydrogen) atoms. The zero-order chi connectivity index (χ0) is 17.0. The summed E-state index contributed by atoms with van der Waals surface area (Å²) >= 11 is 5.92. The van der Waals surface area contributed by atoms with Crippen molar-refractivity contribution in [1.82, 2.24) is 19.7 Å². The van der Waals surface area contributed by atoms with Crippen LogP contribution in [0.25, 0.3) is 0 Å². The van der Waals surface area contributed by atoms with Gasteiger partial charge in [0.15, 0.2) is 0 Å². The van der Waals surface area contributed by atoms with E-state index < -0.39 is 10.0 Å². The molecule has 0 aliphatic carbocycles. The Kier molecular flexibility index (Phi) is 5.61. The summed E-state index contributed by atoms with van der Waals surface area (Å²) in [4.78, 5) is 1.45. The van der Waals surface area contributed by atoms with E-state index in [4.69, 9.17) is 16.3 Å². The second kappa shape index (κ2) is 7.29. The van der Waals surface area contributed by atoms with Gasteiger partial charge in [-0.15, -0.1) is 0 Å². The van der Waals surface area contributed by atoms with Gasteiger partial charge in [0.2, 0.25) is 10.0 Å². The maximum absolute atomic E-state index is 12.7. The molecule has 9 heteroatoms. The molecule has 7 nitrogen and oxygen atoms in total. The van der Waals surface area contributed by atoms with Gasteiger partial charge in [-0.3, -0.25) is 0 Å². The van der Waals surface area contributed by atoms with Gasteiger partial charge < -0.3 is 4.74 Å². The lowest BCUT2D eigenvalue weighted by atomic mass is 10.1. The highest BCUT2D eigenvalue weighted by molar-refractivity contribution is 7.89. The first-order valence-corrected chi connectivity index (χ1v) is 8.89. The van der Waals surface area contributed by atoms with Gasteiger partial charge in [-0.1, -0.05) is 25.4 Å². The van der Waals surface area contributed by atoms with Gasteiger partial charge in [0.05, 0.1) is 26.0 Å². The molecule has 0 amide bonds. The molecule has 1 N–H and O–H groups in total. The van der Waals surface area contributed by atoms with Crippen LogP contribution in [0.2, 0.25) is 5.02 Å². The van der Waals surface area contributed by atoms with Crippen LogP contribution < -0.4 is 9.46 Å². The molecule has 0 spiro atoms. The Morgan fingerprint density at radius 3 is 2.52 bits per heavy atom. The Morgan fingerprint density at radius 1 is 1.30 bits per heavy atom. The average molecular weight is 359 g/mol. The molecule has 0 aliphatic rings. The first-order valence-electron chi connectivity index (χ1n) is 7.03. The standard InChI is InChI=1S/C14H19ClN4O3S/c1-10(2)12(9-19-16-6-7-17-19)18-23(20,21)14-8-11(15)4-5-13(14)22-3/h4-8,10,12,18H,9H2,1-3H3. The molecule has 2 aromatic rings. The maximum atomic E-state index is 12.7. The van der Waals surface area contributed by atoms with Crippen LogP contribution in [0.5, 0.6) is 5.75 Å². The lowest BCUT2D eigenvalue weighted by Gasteiger charge is -2.22. The number of halogens is 1. The van der Waals surface area contributed by atoms with Crippen molar-refractivity contribution in [2.24, 2.45) is 5.92 Å². The third-order valence-corrected chi connectivity index (χ3v) is 5.10. The number of sulfonamides is 1. The number of hydrogen-bond acceptors (Lipinski definition) is 5. The van der Waals surface area contributed by atoms with Crippen molar-refractivity contribution in [3.05, 3.63) is 35.6 Å². The van der Waals surface area contributed by atoms with Gasteiger partial charge in [-0.2, -0.15) is 15.0 Å². The molecule has 0 bridgehead atoms. The number of ether oxygens (including phenoxy) is 1. The van der Waals surface area contributed by atoms with Crippen LogP contribution in [0.3, 0.4) is 0 Å². The van der Waals surface area contributed by atoms with E-state index in [2.05, 4.69) is 14.9 Å². The van der Waals surface area contributed by atoms with Crippen molar-refractivity contribution in [1.29, 1.82) is 0 Å². The summed E-state index contributed by atoms with van der Waals surface area (Å²) in [6, 6.07) is 4.09. The fourth-order valence-corrected chi connectivity index (χ4v) is 3.83. The zero-order valence-electron chi connectivity index (χ0n) is 13.1. The Morgan fingerprint density at radius 2 is 1.96 bits per heavy atom. The van der Waals surface area contributed by atoms with Crippen LogP contribution in [0.4, 0.5) is 0 Å². The van der Waals surface area contributed by atoms with Gasteiger partial charge >= 0.3 is 0 Å². The first-order chi connectivity index (χ1) is 10.8. The highest BCUT2D eigenvalue weighted by Crippen LogP contribution is 2.27. The van der Waals surface area contributed by atoms with Gasteiger partial charge in [0, 0.05) is 11.1 Å². The highest BCUT2D eigenvalue weighted by atomic mass is 35.5. The summed E-state index contributed by atoms with van der Waals surface area (Å²) in [5.74, 6) is 0.280. The number of rotatable bonds is 7. The molecule has 2 rings (SSSR count). The molecular weight excluding hydrogens is 340 g/mol. The lowest BCUT2D eigenvalue weighted by molar-refractivity contribution is 0.360. The molecule has 1 unspecified atom stereocenters. The first kappa shape index (κ1) is 17.7. The van der Waals surface area contributed by atoms with Gasteiger partial charge in [-0.25, -0.2) is 13.1 Å². The molecule has 0 fully saturated rings. The third-order valence-electron chi connectivity index (χ3n) is 3.35. The summed E-state index contributed by atoms with van der Waals surface area (Å²) < 4.78 is 33.2. The molecule has 126 valence electrons. The predicted molar refractivity (Wildman–Crippen MR) is 87.0 cm³/mol. The SMILES string of the molecule is COc1ccc(Cl)cc1S(=O)(=O)NC(Cn1nccn1)C(C)C. The van der Waals surface area contributed by atoms with E-state index in [0.29, 0.717) is 11.6 Å². The van der Waals surface area contributed by atoms with Crippen LogP contribution >= 0.6 is 11.6 Å². The van der Waals surface area contributed by atoms with Gasteiger partial charge in [0.25, 0.3) is 0 Å². The van der Waals surface area contributed by atoms with Crippen molar-refractivity contribution >= 4 is 21.6 Å². The Labute approximate surface area is 140 Å².